The summed E-state index contributed by atoms with van der Waals surface area (Å²) in [6.45, 7) is 1.01. The fraction of sp³-hybridized carbons (Fsp3) is 0.235. The maximum absolute atomic E-state index is 14.0. The third-order valence-electron chi connectivity index (χ3n) is 3.41. The van der Waals surface area contributed by atoms with Gasteiger partial charge in [0.2, 0.25) is 0 Å². The van der Waals surface area contributed by atoms with Crippen LogP contribution < -0.4 is 10.6 Å². The van der Waals surface area contributed by atoms with Crippen LogP contribution in [0.25, 0.3) is 0 Å². The van der Waals surface area contributed by atoms with Crippen molar-refractivity contribution in [2.24, 2.45) is 0 Å². The molecule has 0 spiro atoms. The van der Waals surface area contributed by atoms with E-state index in [0.29, 0.717) is 0 Å². The van der Waals surface area contributed by atoms with Crippen LogP contribution in [0.3, 0.4) is 0 Å². The number of pyridine rings is 1. The molecule has 1 heterocycles. The summed E-state index contributed by atoms with van der Waals surface area (Å²) in [6.07, 6.45) is -4.03. The zero-order valence-electron chi connectivity index (χ0n) is 14.0. The van der Waals surface area contributed by atoms with E-state index in [9.17, 15) is 22.8 Å². The summed E-state index contributed by atoms with van der Waals surface area (Å²) in [6, 6.07) is 9.60. The number of anilines is 1. The van der Waals surface area contributed by atoms with Crippen molar-refractivity contribution in [1.82, 2.24) is 10.3 Å². The maximum atomic E-state index is 14.0. The zero-order valence-corrected chi connectivity index (χ0v) is 14.8. The van der Waals surface area contributed by atoms with Crippen molar-refractivity contribution < 1.29 is 27.5 Å². The number of hydrogen-bond acceptors (Lipinski definition) is 5. The number of rotatable bonds is 6. The number of alkyl halides is 3. The molecule has 0 aliphatic heterocycles. The number of halogens is 4. The Bertz CT molecular complexity index is 818. The number of carbonyl (C=O) groups is 2. The highest BCUT2D eigenvalue weighted by Gasteiger charge is 2.64. The average molecular weight is 402 g/mol. The number of carbonyl (C=O) groups excluding carboxylic acids is 2. The van der Waals surface area contributed by atoms with E-state index in [1.165, 1.54) is 55.6 Å². The molecule has 144 valence electrons. The van der Waals surface area contributed by atoms with Crippen LogP contribution in [0, 0.1) is 0 Å². The summed E-state index contributed by atoms with van der Waals surface area (Å²) in [5.74, 6) is -3.24. The second kappa shape index (κ2) is 8.26. The Hall–Kier alpha value is -2.81. The van der Waals surface area contributed by atoms with Gasteiger partial charge in [0.1, 0.15) is 5.82 Å². The molecule has 2 rings (SSSR count). The van der Waals surface area contributed by atoms with Crippen LogP contribution in [0.4, 0.5) is 19.0 Å². The Balaban J connectivity index is 2.51. The van der Waals surface area contributed by atoms with Crippen molar-refractivity contribution in [2.75, 3.05) is 11.9 Å². The number of ether oxygens (including phenoxy) is 1. The summed E-state index contributed by atoms with van der Waals surface area (Å²) >= 11 is 5.87. The second-order valence-corrected chi connectivity index (χ2v) is 5.65. The van der Waals surface area contributed by atoms with E-state index in [4.69, 9.17) is 11.6 Å². The summed E-state index contributed by atoms with van der Waals surface area (Å²) < 4.78 is 46.5. The molecule has 2 aromatic rings. The van der Waals surface area contributed by atoms with E-state index in [1.54, 1.807) is 5.32 Å². The molecule has 0 aliphatic carbocycles. The molecular weight excluding hydrogens is 387 g/mol. The first-order valence-electron chi connectivity index (χ1n) is 7.71. The molecule has 0 saturated heterocycles. The van der Waals surface area contributed by atoms with Crippen LogP contribution in [0.5, 0.6) is 0 Å². The standard InChI is InChI=1S/C17H15ClF3N3O3/c1-2-27-15(26)16(17(19,20)21,23-13-9-5-6-10-22-13)24-14(25)11-7-3-4-8-12(11)18/h3-10H,2H2,1H3,(H,22,23)(H,24,25)/t16-/m0/s1. The van der Waals surface area contributed by atoms with Crippen molar-refractivity contribution in [2.45, 2.75) is 18.8 Å². The molecule has 1 atom stereocenters. The van der Waals surface area contributed by atoms with Gasteiger partial charge in [0.05, 0.1) is 17.2 Å². The molecule has 6 nitrogen and oxygen atoms in total. The largest absolute Gasteiger partial charge is 0.463 e. The molecule has 1 amide bonds. The number of benzene rings is 1. The predicted octanol–water partition coefficient (Wildman–Crippen LogP) is 3.40. The van der Waals surface area contributed by atoms with Crippen LogP contribution in [0.15, 0.2) is 48.7 Å². The molecule has 2 N–H and O–H groups in total. The maximum Gasteiger partial charge on any atom is 0.441 e. The number of esters is 1. The molecule has 1 aromatic carbocycles. The molecule has 0 unspecified atom stereocenters. The van der Waals surface area contributed by atoms with E-state index in [2.05, 4.69) is 9.72 Å². The highest BCUT2D eigenvalue weighted by atomic mass is 35.5. The predicted molar refractivity (Wildman–Crippen MR) is 92.2 cm³/mol. The quantitative estimate of drug-likeness (QED) is 0.573. The molecule has 0 radical (unpaired) electrons. The molecule has 27 heavy (non-hydrogen) atoms. The van der Waals surface area contributed by atoms with Gasteiger partial charge in [-0.05, 0) is 31.2 Å². The lowest BCUT2D eigenvalue weighted by Gasteiger charge is -2.35. The molecule has 0 aliphatic rings. The minimum atomic E-state index is -5.26. The first-order chi connectivity index (χ1) is 12.7. The molecule has 0 fully saturated rings. The van der Waals surface area contributed by atoms with Crippen LogP contribution in [0.2, 0.25) is 5.02 Å². The first-order valence-corrected chi connectivity index (χ1v) is 8.09. The third-order valence-corrected chi connectivity index (χ3v) is 3.74. The van der Waals surface area contributed by atoms with Gasteiger partial charge in [-0.15, -0.1) is 0 Å². The van der Waals surface area contributed by atoms with Gasteiger partial charge in [0.25, 0.3) is 5.91 Å². The van der Waals surface area contributed by atoms with E-state index in [1.807, 2.05) is 5.32 Å². The summed E-state index contributed by atoms with van der Waals surface area (Å²) in [5.41, 5.74) is -3.80. The fourth-order valence-corrected chi connectivity index (χ4v) is 2.36. The Kier molecular flexibility index (Phi) is 6.27. The van der Waals surface area contributed by atoms with Crippen LogP contribution in [0.1, 0.15) is 17.3 Å². The minimum absolute atomic E-state index is 0.0761. The van der Waals surface area contributed by atoms with Crippen molar-refractivity contribution >= 4 is 29.3 Å². The number of aromatic nitrogens is 1. The summed E-state index contributed by atoms with van der Waals surface area (Å²) in [4.78, 5) is 28.5. The fourth-order valence-electron chi connectivity index (χ4n) is 2.14. The van der Waals surface area contributed by atoms with Crippen LogP contribution in [-0.2, 0) is 9.53 Å². The second-order valence-electron chi connectivity index (χ2n) is 5.24. The zero-order chi connectivity index (χ0) is 20.1. The topological polar surface area (TPSA) is 80.3 Å². The number of hydrogen-bond donors (Lipinski definition) is 2. The average Bonchev–Trinajstić information content (AvgIpc) is 2.61. The lowest BCUT2D eigenvalue weighted by Crippen LogP contribution is -2.69. The van der Waals surface area contributed by atoms with E-state index in [-0.39, 0.29) is 23.0 Å². The van der Waals surface area contributed by atoms with Gasteiger partial charge in [-0.3, -0.25) is 4.79 Å². The number of nitrogens with zero attached hydrogens (tertiary/aromatic N) is 1. The first kappa shape index (κ1) is 20.5. The Morgan fingerprint density at radius 3 is 2.37 bits per heavy atom. The SMILES string of the molecule is CCOC(=O)[C@@](NC(=O)c1ccccc1Cl)(Nc1ccccn1)C(F)(F)F. The van der Waals surface area contributed by atoms with E-state index in [0.717, 1.165) is 0 Å². The summed E-state index contributed by atoms with van der Waals surface area (Å²) in [7, 11) is 0. The normalized spacial score (nSPS) is 13.4. The molecule has 10 heteroatoms. The van der Waals surface area contributed by atoms with Gasteiger partial charge in [-0.2, -0.15) is 13.2 Å². The number of amides is 1. The Morgan fingerprint density at radius 1 is 1.15 bits per heavy atom. The Morgan fingerprint density at radius 2 is 1.81 bits per heavy atom. The highest BCUT2D eigenvalue weighted by Crippen LogP contribution is 2.33. The monoisotopic (exact) mass is 401 g/mol. The van der Waals surface area contributed by atoms with E-state index < -0.39 is 23.7 Å². The van der Waals surface area contributed by atoms with Gasteiger partial charge >= 0.3 is 17.8 Å². The van der Waals surface area contributed by atoms with Crippen molar-refractivity contribution in [3.63, 3.8) is 0 Å². The van der Waals surface area contributed by atoms with Gasteiger partial charge in [-0.1, -0.05) is 29.8 Å². The van der Waals surface area contributed by atoms with E-state index >= 15 is 0 Å². The third kappa shape index (κ3) is 4.48. The highest BCUT2D eigenvalue weighted by molar-refractivity contribution is 6.33. The van der Waals surface area contributed by atoms with Crippen molar-refractivity contribution in [3.05, 3.63) is 59.2 Å². The van der Waals surface area contributed by atoms with Gasteiger partial charge in [0.15, 0.2) is 0 Å². The molecule has 1 aromatic heterocycles. The summed E-state index contributed by atoms with van der Waals surface area (Å²) in [5, 5.41) is 3.56. The van der Waals surface area contributed by atoms with Crippen molar-refractivity contribution in [3.8, 4) is 0 Å². The number of nitrogens with one attached hydrogen (secondary N) is 2. The molecule has 0 bridgehead atoms. The van der Waals surface area contributed by atoms with Crippen molar-refractivity contribution in [1.29, 1.82) is 0 Å². The lowest BCUT2D eigenvalue weighted by molar-refractivity contribution is -0.204. The van der Waals surface area contributed by atoms with Crippen LogP contribution in [-0.4, -0.2) is 35.3 Å². The van der Waals surface area contributed by atoms with Gasteiger partial charge in [-0.25, -0.2) is 9.78 Å². The van der Waals surface area contributed by atoms with Gasteiger partial charge in [0, 0.05) is 6.20 Å². The smallest absolute Gasteiger partial charge is 0.441 e. The Labute approximate surface area is 157 Å². The molecular formula is C17H15ClF3N3O3. The minimum Gasteiger partial charge on any atom is -0.463 e. The molecule has 0 saturated carbocycles. The van der Waals surface area contributed by atoms with Crippen LogP contribution >= 0.6 is 11.6 Å². The van der Waals surface area contributed by atoms with Gasteiger partial charge < -0.3 is 15.4 Å². The lowest BCUT2D eigenvalue weighted by atomic mass is 10.1.